The first kappa shape index (κ1) is 37.8. The van der Waals surface area contributed by atoms with Crippen molar-refractivity contribution in [1.29, 1.82) is 0 Å². The third-order valence-corrected chi connectivity index (χ3v) is 17.8. The fourth-order valence-electron chi connectivity index (χ4n) is 9.00. The predicted octanol–water partition coefficient (Wildman–Crippen LogP) is 5.67. The van der Waals surface area contributed by atoms with Crippen molar-refractivity contribution in [3.63, 3.8) is 0 Å². The van der Waals surface area contributed by atoms with Gasteiger partial charge in [-0.05, 0) is 61.3 Å². The molecule has 11 heteroatoms. The lowest BCUT2D eigenvalue weighted by atomic mass is 9.45. The summed E-state index contributed by atoms with van der Waals surface area (Å²) >= 11 is 0. The minimum atomic E-state index is -2.58. The van der Waals surface area contributed by atoms with Crippen LogP contribution in [-0.4, -0.2) is 85.4 Å². The first-order valence-corrected chi connectivity index (χ1v) is 21.0. The number of ketones is 2. The third kappa shape index (κ3) is 5.83. The van der Waals surface area contributed by atoms with Crippen molar-refractivity contribution in [1.82, 2.24) is 0 Å². The predicted molar refractivity (Wildman–Crippen MR) is 192 cm³/mol. The molecule has 0 aromatic heterocycles. The van der Waals surface area contributed by atoms with Crippen LogP contribution in [0.5, 0.6) is 5.75 Å². The van der Waals surface area contributed by atoms with E-state index in [4.69, 9.17) is 23.4 Å². The van der Waals surface area contributed by atoms with E-state index in [0.29, 0.717) is 12.2 Å². The van der Waals surface area contributed by atoms with Gasteiger partial charge in [0.2, 0.25) is 0 Å². The van der Waals surface area contributed by atoms with E-state index in [0.717, 1.165) is 5.56 Å². The van der Waals surface area contributed by atoms with Gasteiger partial charge in [-0.2, -0.15) is 0 Å². The molecule has 4 fully saturated rings. The summed E-state index contributed by atoms with van der Waals surface area (Å²) in [5.74, 6) is -2.63. The molecule has 2 N–H and O–H groups in total. The summed E-state index contributed by atoms with van der Waals surface area (Å²) < 4.78 is 31.9. The van der Waals surface area contributed by atoms with Crippen LogP contribution in [0.4, 0.5) is 0 Å². The Hall–Kier alpha value is -2.93. The molecule has 9 atom stereocenters. The zero-order valence-electron chi connectivity index (χ0n) is 31.4. The molecular weight excluding hydrogens is 669 g/mol. The number of aliphatic hydroxyl groups excluding tert-OH is 1. The number of hydrogen-bond acceptors (Lipinski definition) is 10. The second-order valence-electron chi connectivity index (χ2n) is 17.3. The minimum absolute atomic E-state index is 0.0522. The number of epoxide rings is 1. The Morgan fingerprint density at radius 2 is 1.67 bits per heavy atom. The SMILES string of the molecule is COc1ccc(CO[C@H]2C(=O)[C@]3(C)[C@@H](O[Si](C)(C)C(C)(C)C)C[C@@H]4O[C@]4(CO)[C@H]3[C@H](OC(=O)c3ccccc3)[C@]3(O)C(=O)CC[C@H]2C3(C)C)cc1. The number of ether oxygens (including phenoxy) is 4. The molecule has 1 heterocycles. The zero-order valence-corrected chi connectivity index (χ0v) is 32.4. The van der Waals surface area contributed by atoms with Crippen molar-refractivity contribution in [2.75, 3.05) is 13.7 Å². The Bertz CT molecular complexity index is 1650. The number of Topliss-reactive ketones (excluding diaryl/α,β-unsaturated/α-hetero) is 2. The highest BCUT2D eigenvalue weighted by Gasteiger charge is 2.81. The number of methoxy groups -OCH3 is 1. The summed E-state index contributed by atoms with van der Waals surface area (Å²) in [6, 6.07) is 15.8. The zero-order chi connectivity index (χ0) is 37.4. The number of aliphatic hydroxyl groups is 2. The Morgan fingerprint density at radius 3 is 2.25 bits per heavy atom. The fourth-order valence-corrected chi connectivity index (χ4v) is 10.4. The van der Waals surface area contributed by atoms with Gasteiger partial charge in [-0.1, -0.05) is 65.0 Å². The number of hydrogen-bond donors (Lipinski definition) is 2. The maximum atomic E-state index is 15.8. The third-order valence-electron chi connectivity index (χ3n) is 13.3. The van der Waals surface area contributed by atoms with Crippen LogP contribution in [0.2, 0.25) is 18.1 Å². The van der Waals surface area contributed by atoms with E-state index in [1.165, 1.54) is 0 Å². The van der Waals surface area contributed by atoms with E-state index in [-0.39, 0.29) is 35.8 Å². The van der Waals surface area contributed by atoms with Crippen LogP contribution in [0.25, 0.3) is 0 Å². The molecule has 10 nitrogen and oxygen atoms in total. The molecule has 1 saturated heterocycles. The molecule has 6 rings (SSSR count). The standard InChI is InChI=1S/C40H54O10Si/c1-36(2,3)51(8,9)50-29-21-30-39(23-41,49-30)32-34(48-35(44)25-13-11-10-12-14-25)40(45)28(42)20-19-27(37(40,4)5)31(33(43)38(29,32)6)47-22-24-15-17-26(46-7)18-16-24/h10-18,27,29-32,34,41,45H,19-23H2,1-9H3/t27-,29+,30+,31-,32+,34+,38-,39+,40-/m1/s1. The number of fused-ring (bicyclic) bond motifs is 5. The summed E-state index contributed by atoms with van der Waals surface area (Å²) in [6.07, 6.45) is -3.41. The molecule has 2 aromatic carbocycles. The van der Waals surface area contributed by atoms with Gasteiger partial charge in [-0.3, -0.25) is 9.59 Å². The Labute approximate surface area is 302 Å². The normalized spacial score (nSPS) is 35.9. The van der Waals surface area contributed by atoms with Gasteiger partial charge in [0, 0.05) is 30.1 Å². The van der Waals surface area contributed by atoms with Gasteiger partial charge in [-0.15, -0.1) is 0 Å². The van der Waals surface area contributed by atoms with Crippen molar-refractivity contribution in [2.45, 2.75) is 121 Å². The van der Waals surface area contributed by atoms with Crippen LogP contribution in [0.1, 0.15) is 76.7 Å². The van der Waals surface area contributed by atoms with E-state index < -0.39 is 85.0 Å². The van der Waals surface area contributed by atoms with Crippen LogP contribution in [0, 0.1) is 22.7 Å². The van der Waals surface area contributed by atoms with Crippen molar-refractivity contribution in [3.05, 3.63) is 65.7 Å². The number of esters is 1. The molecule has 4 aliphatic rings. The van der Waals surface area contributed by atoms with Crippen LogP contribution in [0.15, 0.2) is 54.6 Å². The van der Waals surface area contributed by atoms with Crippen molar-refractivity contribution >= 4 is 25.9 Å². The molecule has 0 unspecified atom stereocenters. The summed E-state index contributed by atoms with van der Waals surface area (Å²) in [6.45, 7) is 15.4. The van der Waals surface area contributed by atoms with Gasteiger partial charge in [0.25, 0.3) is 0 Å². The van der Waals surface area contributed by atoms with Crippen LogP contribution >= 0.6 is 0 Å². The van der Waals surface area contributed by atoms with E-state index >= 15 is 4.79 Å². The second-order valence-corrected chi connectivity index (χ2v) is 22.0. The maximum absolute atomic E-state index is 15.8. The summed E-state index contributed by atoms with van der Waals surface area (Å²) in [7, 11) is -0.987. The molecule has 1 aliphatic heterocycles. The number of carbonyl (C=O) groups is 3. The summed E-state index contributed by atoms with van der Waals surface area (Å²) in [5, 5.41) is 24.1. The second kappa shape index (κ2) is 12.9. The lowest BCUT2D eigenvalue weighted by molar-refractivity contribution is -0.246. The molecule has 3 saturated carbocycles. The Kier molecular flexibility index (Phi) is 9.55. The number of carbonyl (C=O) groups excluding carboxylic acids is 3. The fraction of sp³-hybridized carbons (Fsp3) is 0.625. The van der Waals surface area contributed by atoms with Gasteiger partial charge >= 0.3 is 5.97 Å². The van der Waals surface area contributed by atoms with Gasteiger partial charge in [0.15, 0.2) is 25.5 Å². The smallest absolute Gasteiger partial charge is 0.338 e. The Balaban J connectivity index is 1.56. The van der Waals surface area contributed by atoms with Crippen molar-refractivity contribution < 1.29 is 48.0 Å². The van der Waals surface area contributed by atoms with Gasteiger partial charge in [-0.25, -0.2) is 4.79 Å². The average molecular weight is 723 g/mol. The lowest BCUT2D eigenvalue weighted by Crippen LogP contribution is -2.77. The quantitative estimate of drug-likeness (QED) is 0.189. The van der Waals surface area contributed by atoms with Crippen molar-refractivity contribution in [2.24, 2.45) is 22.7 Å². The number of benzene rings is 2. The van der Waals surface area contributed by atoms with Crippen LogP contribution in [-0.2, 0) is 34.8 Å². The van der Waals surface area contributed by atoms with Crippen molar-refractivity contribution in [3.8, 4) is 5.75 Å². The molecule has 51 heavy (non-hydrogen) atoms. The average Bonchev–Trinajstić information content (AvgIpc) is 3.80. The van der Waals surface area contributed by atoms with E-state index in [1.807, 2.05) is 24.3 Å². The topological polar surface area (TPSA) is 141 Å². The molecule has 0 amide bonds. The van der Waals surface area contributed by atoms with E-state index in [2.05, 4.69) is 33.9 Å². The minimum Gasteiger partial charge on any atom is -0.497 e. The molecule has 278 valence electrons. The largest absolute Gasteiger partial charge is 0.497 e. The van der Waals surface area contributed by atoms with Gasteiger partial charge < -0.3 is 33.6 Å². The highest BCUT2D eigenvalue weighted by atomic mass is 28.4. The van der Waals surface area contributed by atoms with Crippen LogP contribution in [0.3, 0.4) is 0 Å². The summed E-state index contributed by atoms with van der Waals surface area (Å²) in [4.78, 5) is 44.2. The number of rotatable bonds is 9. The molecule has 2 bridgehead atoms. The lowest BCUT2D eigenvalue weighted by Gasteiger charge is -2.62. The molecule has 2 aromatic rings. The molecule has 0 radical (unpaired) electrons. The first-order chi connectivity index (χ1) is 23.8. The molecule has 0 spiro atoms. The summed E-state index contributed by atoms with van der Waals surface area (Å²) in [5.41, 5.74) is -5.46. The maximum Gasteiger partial charge on any atom is 0.338 e. The monoisotopic (exact) mass is 722 g/mol. The Morgan fingerprint density at radius 1 is 1.02 bits per heavy atom. The van der Waals surface area contributed by atoms with Gasteiger partial charge in [0.1, 0.15) is 23.6 Å². The van der Waals surface area contributed by atoms with Crippen LogP contribution < -0.4 is 4.74 Å². The van der Waals surface area contributed by atoms with Gasteiger partial charge in [0.05, 0.1) is 43.5 Å². The molecular formula is C40H54O10Si. The van der Waals surface area contributed by atoms with E-state index in [9.17, 15) is 19.8 Å². The highest BCUT2D eigenvalue weighted by Crippen LogP contribution is 2.67. The first-order valence-electron chi connectivity index (χ1n) is 18.1. The highest BCUT2D eigenvalue weighted by molar-refractivity contribution is 6.74. The molecule has 3 aliphatic carbocycles. The van der Waals surface area contributed by atoms with E-state index in [1.54, 1.807) is 58.2 Å².